The van der Waals surface area contributed by atoms with E-state index in [-0.39, 0.29) is 11.2 Å². The molecule has 9 heavy (non-hydrogen) atoms. The second kappa shape index (κ2) is 4.68. The fourth-order valence-electron chi connectivity index (χ4n) is 0.231. The van der Waals surface area contributed by atoms with Crippen molar-refractivity contribution in [1.29, 1.82) is 0 Å². The van der Waals surface area contributed by atoms with E-state index in [1.807, 2.05) is 0 Å². The minimum Gasteiger partial charge on any atom is -0.412 e. The van der Waals surface area contributed by atoms with Gasteiger partial charge in [-0.05, 0) is 7.05 Å². The molecule has 0 saturated carbocycles. The van der Waals surface area contributed by atoms with Crippen LogP contribution in [0, 0.1) is 0 Å². The molecule has 6 heteroatoms. The molecule has 0 aromatic heterocycles. The average Bonchev–Trinajstić information content (AvgIpc) is 1.59. The van der Waals surface area contributed by atoms with Crippen molar-refractivity contribution in [3.63, 3.8) is 0 Å². The van der Waals surface area contributed by atoms with E-state index >= 15 is 0 Å². The summed E-state index contributed by atoms with van der Waals surface area (Å²) in [5.74, 6) is -0.219. The first-order valence-corrected chi connectivity index (χ1v) is 3.77. The number of rotatable bonds is 3. The van der Waals surface area contributed by atoms with E-state index in [0.717, 1.165) is 0 Å². The highest BCUT2D eigenvalue weighted by Gasteiger charge is 1.99. The van der Waals surface area contributed by atoms with Gasteiger partial charge < -0.3 is 10.8 Å². The summed E-state index contributed by atoms with van der Waals surface area (Å²) < 4.78 is 27.9. The summed E-state index contributed by atoms with van der Waals surface area (Å²) in [6.07, 6.45) is 0. The van der Waals surface area contributed by atoms with Crippen molar-refractivity contribution in [3.05, 3.63) is 0 Å². The van der Waals surface area contributed by atoms with Crippen LogP contribution in [-0.2, 0) is 10.1 Å². The van der Waals surface area contributed by atoms with E-state index in [2.05, 4.69) is 5.32 Å². The molecule has 0 spiro atoms. The molecule has 5 nitrogen and oxygen atoms in total. The summed E-state index contributed by atoms with van der Waals surface area (Å²) in [7, 11) is -2.13. The van der Waals surface area contributed by atoms with Crippen LogP contribution in [-0.4, -0.2) is 37.8 Å². The summed E-state index contributed by atoms with van der Waals surface area (Å²) >= 11 is 0. The fraction of sp³-hybridized carbons (Fsp3) is 1.00. The normalized spacial score (nSPS) is 10.4. The van der Waals surface area contributed by atoms with Gasteiger partial charge in [0, 0.05) is 6.54 Å². The zero-order valence-electron chi connectivity index (χ0n) is 5.09. The third kappa shape index (κ3) is 11.4. The quantitative estimate of drug-likeness (QED) is 0.475. The SMILES string of the molecule is CNCCS(=O)(=O)O.O. The zero-order valence-corrected chi connectivity index (χ0v) is 5.90. The molecule has 0 amide bonds. The van der Waals surface area contributed by atoms with Gasteiger partial charge in [0.2, 0.25) is 0 Å². The highest BCUT2D eigenvalue weighted by atomic mass is 32.2. The molecular weight excluding hydrogens is 146 g/mol. The van der Waals surface area contributed by atoms with E-state index in [9.17, 15) is 8.42 Å². The van der Waals surface area contributed by atoms with E-state index in [1.165, 1.54) is 0 Å². The maximum absolute atomic E-state index is 9.91. The largest absolute Gasteiger partial charge is 0.412 e. The van der Waals surface area contributed by atoms with Gasteiger partial charge in [0.25, 0.3) is 10.1 Å². The second-order valence-corrected chi connectivity index (χ2v) is 2.96. The maximum atomic E-state index is 9.91. The molecule has 0 unspecified atom stereocenters. The van der Waals surface area contributed by atoms with Gasteiger partial charge in [-0.25, -0.2) is 0 Å². The average molecular weight is 157 g/mol. The van der Waals surface area contributed by atoms with Crippen LogP contribution in [0.1, 0.15) is 0 Å². The van der Waals surface area contributed by atoms with Gasteiger partial charge >= 0.3 is 0 Å². The van der Waals surface area contributed by atoms with Crippen molar-refractivity contribution in [2.24, 2.45) is 0 Å². The number of nitrogens with one attached hydrogen (secondary N) is 1. The summed E-state index contributed by atoms with van der Waals surface area (Å²) in [6, 6.07) is 0. The Kier molecular flexibility index (Phi) is 6.04. The molecule has 0 aliphatic rings. The van der Waals surface area contributed by atoms with Crippen molar-refractivity contribution in [3.8, 4) is 0 Å². The molecule has 0 aliphatic carbocycles. The summed E-state index contributed by atoms with van der Waals surface area (Å²) in [4.78, 5) is 0. The first kappa shape index (κ1) is 11.6. The van der Waals surface area contributed by atoms with Crippen LogP contribution in [0.4, 0.5) is 0 Å². The Labute approximate surface area is 54.1 Å². The predicted molar refractivity (Wildman–Crippen MR) is 34.0 cm³/mol. The molecule has 0 bridgehead atoms. The van der Waals surface area contributed by atoms with E-state index in [1.54, 1.807) is 7.05 Å². The Hall–Kier alpha value is -0.170. The minimum absolute atomic E-state index is 0. The molecule has 4 N–H and O–H groups in total. The first-order chi connectivity index (χ1) is 3.56. The third-order valence-electron chi connectivity index (χ3n) is 0.610. The molecule has 0 aromatic rings. The van der Waals surface area contributed by atoms with Crippen LogP contribution in [0.2, 0.25) is 0 Å². The topological polar surface area (TPSA) is 97.9 Å². The van der Waals surface area contributed by atoms with Gasteiger partial charge in [-0.3, -0.25) is 4.55 Å². The van der Waals surface area contributed by atoms with Gasteiger partial charge in [0.15, 0.2) is 0 Å². The Morgan fingerprint density at radius 3 is 2.11 bits per heavy atom. The van der Waals surface area contributed by atoms with Gasteiger partial charge in [-0.2, -0.15) is 8.42 Å². The summed E-state index contributed by atoms with van der Waals surface area (Å²) in [6.45, 7) is 0.291. The molecule has 0 atom stereocenters. The molecule has 0 aliphatic heterocycles. The molecule has 58 valence electrons. The van der Waals surface area contributed by atoms with E-state index in [4.69, 9.17) is 4.55 Å². The van der Waals surface area contributed by atoms with Gasteiger partial charge in [0.1, 0.15) is 0 Å². The van der Waals surface area contributed by atoms with E-state index in [0.29, 0.717) is 6.54 Å². The molecule has 0 rings (SSSR count). The molecule has 0 radical (unpaired) electrons. The number of hydrogen-bond acceptors (Lipinski definition) is 3. The van der Waals surface area contributed by atoms with Crippen molar-refractivity contribution in [1.82, 2.24) is 5.32 Å². The number of hydrogen-bond donors (Lipinski definition) is 2. The molecule has 0 fully saturated rings. The van der Waals surface area contributed by atoms with Crippen LogP contribution < -0.4 is 5.32 Å². The standard InChI is InChI=1S/C3H9NO3S.H2O/c1-4-2-3-8(5,6)7;/h4H,2-3H2,1H3,(H,5,6,7);1H2. The van der Waals surface area contributed by atoms with Gasteiger partial charge in [-0.1, -0.05) is 0 Å². The highest BCUT2D eigenvalue weighted by Crippen LogP contribution is 1.76. The molecule has 0 saturated heterocycles. The lowest BCUT2D eigenvalue weighted by atomic mass is 10.8. The lowest BCUT2D eigenvalue weighted by Crippen LogP contribution is -2.18. The van der Waals surface area contributed by atoms with Crippen molar-refractivity contribution >= 4 is 10.1 Å². The third-order valence-corrected chi connectivity index (χ3v) is 1.33. The minimum atomic E-state index is -3.75. The highest BCUT2D eigenvalue weighted by molar-refractivity contribution is 7.85. The molecular formula is C3H11NO4S. The van der Waals surface area contributed by atoms with Crippen LogP contribution in [0.25, 0.3) is 0 Å². The summed E-state index contributed by atoms with van der Waals surface area (Å²) in [5, 5.41) is 2.59. The Balaban J connectivity index is 0. The first-order valence-electron chi connectivity index (χ1n) is 2.16. The van der Waals surface area contributed by atoms with Gasteiger partial charge in [-0.15, -0.1) is 0 Å². The van der Waals surface area contributed by atoms with Crippen LogP contribution in [0.5, 0.6) is 0 Å². The molecule has 0 heterocycles. The van der Waals surface area contributed by atoms with Gasteiger partial charge in [0.05, 0.1) is 5.75 Å². The van der Waals surface area contributed by atoms with Crippen LogP contribution in [0.15, 0.2) is 0 Å². The molecule has 0 aromatic carbocycles. The Morgan fingerprint density at radius 2 is 2.00 bits per heavy atom. The Bertz CT molecular complexity index is 140. The van der Waals surface area contributed by atoms with Crippen molar-refractivity contribution in [2.75, 3.05) is 19.3 Å². The lowest BCUT2D eigenvalue weighted by molar-refractivity contribution is 0.482. The van der Waals surface area contributed by atoms with Crippen molar-refractivity contribution in [2.45, 2.75) is 0 Å². The second-order valence-electron chi connectivity index (χ2n) is 1.39. The lowest BCUT2D eigenvalue weighted by Gasteiger charge is -1.92. The summed E-state index contributed by atoms with van der Waals surface area (Å²) in [5.41, 5.74) is 0. The van der Waals surface area contributed by atoms with Crippen LogP contribution >= 0.6 is 0 Å². The van der Waals surface area contributed by atoms with E-state index < -0.39 is 10.1 Å². The fourth-order valence-corrected chi connectivity index (χ4v) is 0.693. The predicted octanol–water partition coefficient (Wildman–Crippen LogP) is -1.73. The smallest absolute Gasteiger partial charge is 0.266 e. The monoisotopic (exact) mass is 157 g/mol. The van der Waals surface area contributed by atoms with Crippen LogP contribution in [0.3, 0.4) is 0 Å². The zero-order chi connectivity index (χ0) is 6.62. The Morgan fingerprint density at radius 1 is 1.56 bits per heavy atom. The maximum Gasteiger partial charge on any atom is 0.266 e. The van der Waals surface area contributed by atoms with Crippen molar-refractivity contribution < 1.29 is 18.4 Å².